The number of carbonyl (C=O) groups excluding carboxylic acids is 2. The standard InChI is InChI=1S/C14H17FN2O2/c15-12-5-3-4-11(10-17-7-1-2-8-17)13(12)14(19)16-6-9-18/h3-5,9H,1-2,6-8,10H2,(H,16,19). The fourth-order valence-electron chi connectivity index (χ4n) is 2.36. The minimum Gasteiger partial charge on any atom is -0.345 e. The maximum Gasteiger partial charge on any atom is 0.254 e. The number of hydrogen-bond acceptors (Lipinski definition) is 3. The highest BCUT2D eigenvalue weighted by Gasteiger charge is 2.19. The highest BCUT2D eigenvalue weighted by atomic mass is 19.1. The van der Waals surface area contributed by atoms with Gasteiger partial charge in [0.25, 0.3) is 5.91 Å². The molecule has 102 valence electrons. The summed E-state index contributed by atoms with van der Waals surface area (Å²) in [5.74, 6) is -1.07. The smallest absolute Gasteiger partial charge is 0.254 e. The third kappa shape index (κ3) is 3.38. The summed E-state index contributed by atoms with van der Waals surface area (Å²) in [6, 6.07) is 4.64. The molecule has 1 amide bonds. The molecule has 1 saturated heterocycles. The quantitative estimate of drug-likeness (QED) is 0.817. The van der Waals surface area contributed by atoms with Gasteiger partial charge >= 0.3 is 0 Å². The molecule has 0 aliphatic carbocycles. The second kappa shape index (κ2) is 6.43. The first-order valence-corrected chi connectivity index (χ1v) is 6.44. The highest BCUT2D eigenvalue weighted by molar-refractivity contribution is 5.96. The van der Waals surface area contributed by atoms with Crippen molar-refractivity contribution in [2.45, 2.75) is 19.4 Å². The van der Waals surface area contributed by atoms with Crippen molar-refractivity contribution in [2.75, 3.05) is 19.6 Å². The second-order valence-corrected chi connectivity index (χ2v) is 4.63. The first kappa shape index (κ1) is 13.7. The molecule has 1 heterocycles. The second-order valence-electron chi connectivity index (χ2n) is 4.63. The van der Waals surface area contributed by atoms with Gasteiger partial charge in [0.05, 0.1) is 12.1 Å². The molecule has 5 heteroatoms. The zero-order valence-electron chi connectivity index (χ0n) is 10.7. The molecule has 1 aromatic rings. The highest BCUT2D eigenvalue weighted by Crippen LogP contribution is 2.18. The van der Waals surface area contributed by atoms with E-state index < -0.39 is 11.7 Å². The van der Waals surface area contributed by atoms with Gasteiger partial charge in [0, 0.05) is 6.54 Å². The largest absolute Gasteiger partial charge is 0.345 e. The van der Waals surface area contributed by atoms with Crippen molar-refractivity contribution in [3.05, 3.63) is 35.1 Å². The molecule has 0 aromatic heterocycles. The van der Waals surface area contributed by atoms with E-state index in [1.165, 1.54) is 6.07 Å². The summed E-state index contributed by atoms with van der Waals surface area (Å²) in [7, 11) is 0. The molecule has 0 unspecified atom stereocenters. The van der Waals surface area contributed by atoms with E-state index in [1.54, 1.807) is 12.1 Å². The third-order valence-corrected chi connectivity index (χ3v) is 3.27. The molecule has 1 N–H and O–H groups in total. The number of nitrogens with zero attached hydrogens (tertiary/aromatic N) is 1. The van der Waals surface area contributed by atoms with Crippen LogP contribution in [0.3, 0.4) is 0 Å². The summed E-state index contributed by atoms with van der Waals surface area (Å²) in [6.45, 7) is 2.43. The topological polar surface area (TPSA) is 49.4 Å². The lowest BCUT2D eigenvalue weighted by Crippen LogP contribution is -2.29. The molecule has 1 aliphatic rings. The number of nitrogens with one attached hydrogen (secondary N) is 1. The molecule has 1 fully saturated rings. The SMILES string of the molecule is O=CCNC(=O)c1c(F)cccc1CN1CCCC1. The Bertz CT molecular complexity index is 471. The fraction of sp³-hybridized carbons (Fsp3) is 0.429. The Kier molecular flexibility index (Phi) is 4.63. The molecule has 1 aliphatic heterocycles. The van der Waals surface area contributed by atoms with Crippen molar-refractivity contribution in [1.29, 1.82) is 0 Å². The van der Waals surface area contributed by atoms with Crippen molar-refractivity contribution in [1.82, 2.24) is 10.2 Å². The minimum atomic E-state index is -0.542. The van der Waals surface area contributed by atoms with Crippen LogP contribution in [0.15, 0.2) is 18.2 Å². The Morgan fingerprint density at radius 2 is 2.11 bits per heavy atom. The molecule has 2 rings (SSSR count). The van der Waals surface area contributed by atoms with Gasteiger partial charge in [-0.3, -0.25) is 9.69 Å². The van der Waals surface area contributed by atoms with Gasteiger partial charge in [0.15, 0.2) is 0 Å². The predicted octanol–water partition coefficient (Wildman–Crippen LogP) is 1.35. The Labute approximate surface area is 111 Å². The van der Waals surface area contributed by atoms with Crippen molar-refractivity contribution < 1.29 is 14.0 Å². The summed E-state index contributed by atoms with van der Waals surface area (Å²) in [5, 5.41) is 2.39. The van der Waals surface area contributed by atoms with Gasteiger partial charge in [0.1, 0.15) is 12.1 Å². The van der Waals surface area contributed by atoms with Crippen LogP contribution >= 0.6 is 0 Å². The van der Waals surface area contributed by atoms with E-state index in [2.05, 4.69) is 10.2 Å². The van der Waals surface area contributed by atoms with E-state index in [0.717, 1.165) is 25.9 Å². The van der Waals surface area contributed by atoms with Crippen molar-refractivity contribution in [3.8, 4) is 0 Å². The molecule has 19 heavy (non-hydrogen) atoms. The number of hydrogen-bond donors (Lipinski definition) is 1. The molecular weight excluding hydrogens is 247 g/mol. The van der Waals surface area contributed by atoms with Crippen LogP contribution in [0, 0.1) is 5.82 Å². The van der Waals surface area contributed by atoms with Gasteiger partial charge in [-0.05, 0) is 37.6 Å². The lowest BCUT2D eigenvalue weighted by Gasteiger charge is -2.17. The molecule has 0 radical (unpaired) electrons. The molecule has 0 saturated carbocycles. The van der Waals surface area contributed by atoms with Crippen LogP contribution in [0.1, 0.15) is 28.8 Å². The van der Waals surface area contributed by atoms with Crippen LogP contribution in [-0.2, 0) is 11.3 Å². The summed E-state index contributed by atoms with van der Waals surface area (Å²) in [6.07, 6.45) is 2.86. The van der Waals surface area contributed by atoms with Gasteiger partial charge in [-0.15, -0.1) is 0 Å². The Morgan fingerprint density at radius 3 is 2.79 bits per heavy atom. The summed E-state index contributed by atoms with van der Waals surface area (Å²) in [5.41, 5.74) is 0.724. The zero-order chi connectivity index (χ0) is 13.7. The lowest BCUT2D eigenvalue weighted by atomic mass is 10.1. The van der Waals surface area contributed by atoms with Crippen molar-refractivity contribution >= 4 is 12.2 Å². The number of likely N-dealkylation sites (tertiary alicyclic amines) is 1. The average molecular weight is 264 g/mol. The minimum absolute atomic E-state index is 0.0521. The van der Waals surface area contributed by atoms with Crippen LogP contribution < -0.4 is 5.32 Å². The van der Waals surface area contributed by atoms with Crippen molar-refractivity contribution in [2.24, 2.45) is 0 Å². The van der Waals surface area contributed by atoms with E-state index in [-0.39, 0.29) is 12.1 Å². The third-order valence-electron chi connectivity index (χ3n) is 3.27. The monoisotopic (exact) mass is 264 g/mol. The predicted molar refractivity (Wildman–Crippen MR) is 69.3 cm³/mol. The molecule has 0 bridgehead atoms. The van der Waals surface area contributed by atoms with Crippen molar-refractivity contribution in [3.63, 3.8) is 0 Å². The fourth-order valence-corrected chi connectivity index (χ4v) is 2.36. The van der Waals surface area contributed by atoms with E-state index in [1.807, 2.05) is 0 Å². The van der Waals surface area contributed by atoms with Crippen LogP contribution in [0.2, 0.25) is 0 Å². The van der Waals surface area contributed by atoms with Gasteiger partial charge in [-0.1, -0.05) is 12.1 Å². The van der Waals surface area contributed by atoms with Crippen LogP contribution in [0.25, 0.3) is 0 Å². The summed E-state index contributed by atoms with van der Waals surface area (Å²) >= 11 is 0. The number of benzene rings is 1. The maximum absolute atomic E-state index is 13.8. The number of aldehydes is 1. The van der Waals surface area contributed by atoms with E-state index in [4.69, 9.17) is 0 Å². The average Bonchev–Trinajstić information content (AvgIpc) is 2.89. The molecule has 0 atom stereocenters. The first-order valence-electron chi connectivity index (χ1n) is 6.44. The van der Waals surface area contributed by atoms with Crippen LogP contribution in [-0.4, -0.2) is 36.7 Å². The molecule has 4 nitrogen and oxygen atoms in total. The Balaban J connectivity index is 2.19. The van der Waals surface area contributed by atoms with Crippen LogP contribution in [0.5, 0.6) is 0 Å². The number of carbonyl (C=O) groups is 2. The number of rotatable bonds is 5. The first-order chi connectivity index (χ1) is 9.22. The number of amides is 1. The van der Waals surface area contributed by atoms with E-state index in [0.29, 0.717) is 18.4 Å². The summed E-state index contributed by atoms with van der Waals surface area (Å²) in [4.78, 5) is 24.4. The maximum atomic E-state index is 13.8. The molecule has 1 aromatic carbocycles. The lowest BCUT2D eigenvalue weighted by molar-refractivity contribution is -0.107. The normalized spacial score (nSPS) is 15.4. The zero-order valence-corrected chi connectivity index (χ0v) is 10.7. The van der Waals surface area contributed by atoms with Crippen LogP contribution in [0.4, 0.5) is 4.39 Å². The summed E-state index contributed by atoms with van der Waals surface area (Å²) < 4.78 is 13.8. The van der Waals surface area contributed by atoms with Gasteiger partial charge < -0.3 is 10.1 Å². The Hall–Kier alpha value is -1.75. The molecular formula is C14H17FN2O2. The van der Waals surface area contributed by atoms with Gasteiger partial charge in [0.2, 0.25) is 0 Å². The molecule has 0 spiro atoms. The van der Waals surface area contributed by atoms with E-state index in [9.17, 15) is 14.0 Å². The van der Waals surface area contributed by atoms with E-state index >= 15 is 0 Å². The van der Waals surface area contributed by atoms with Gasteiger partial charge in [-0.2, -0.15) is 0 Å². The number of halogens is 1. The van der Waals surface area contributed by atoms with Gasteiger partial charge in [-0.25, -0.2) is 4.39 Å². The Morgan fingerprint density at radius 1 is 1.37 bits per heavy atom.